The number of rotatable bonds is 3. The molecule has 0 spiro atoms. The van der Waals surface area contributed by atoms with Gasteiger partial charge in [0.2, 0.25) is 0 Å². The van der Waals surface area contributed by atoms with E-state index in [1.807, 2.05) is 19.9 Å². The number of ether oxygens (including phenoxy) is 1. The van der Waals surface area contributed by atoms with Crippen molar-refractivity contribution in [3.63, 3.8) is 0 Å². The maximum Gasteiger partial charge on any atom is 0.199 e. The Bertz CT molecular complexity index is 680. The highest BCUT2D eigenvalue weighted by Crippen LogP contribution is 2.29. The summed E-state index contributed by atoms with van der Waals surface area (Å²) in [5.41, 5.74) is 2.30. The average Bonchev–Trinajstić information content (AvgIpc) is 2.44. The Kier molecular flexibility index (Phi) is 4.23. The van der Waals surface area contributed by atoms with Crippen LogP contribution in [0.25, 0.3) is 0 Å². The molecule has 4 heteroatoms. The van der Waals surface area contributed by atoms with Crippen LogP contribution >= 0.6 is 15.9 Å². The predicted molar refractivity (Wildman–Crippen MR) is 80.0 cm³/mol. The lowest BCUT2D eigenvalue weighted by molar-refractivity contribution is 0.103. The first-order valence-electron chi connectivity index (χ1n) is 6.10. The summed E-state index contributed by atoms with van der Waals surface area (Å²) in [5.74, 6) is -0.448. The topological polar surface area (TPSA) is 26.3 Å². The van der Waals surface area contributed by atoms with Gasteiger partial charge in [0.15, 0.2) is 5.78 Å². The summed E-state index contributed by atoms with van der Waals surface area (Å²) >= 11 is 3.09. The van der Waals surface area contributed by atoms with Gasteiger partial charge < -0.3 is 4.74 Å². The van der Waals surface area contributed by atoms with Crippen LogP contribution in [-0.2, 0) is 0 Å². The van der Waals surface area contributed by atoms with E-state index in [-0.39, 0.29) is 15.8 Å². The molecule has 0 saturated carbocycles. The Labute approximate surface area is 125 Å². The second-order valence-electron chi connectivity index (χ2n) is 4.52. The molecule has 2 nitrogen and oxygen atoms in total. The minimum atomic E-state index is -0.558. The Morgan fingerprint density at radius 3 is 2.50 bits per heavy atom. The quantitative estimate of drug-likeness (QED) is 0.774. The molecule has 0 aromatic heterocycles. The fourth-order valence-corrected chi connectivity index (χ4v) is 2.42. The fraction of sp³-hybridized carbons (Fsp3) is 0.188. The van der Waals surface area contributed by atoms with Gasteiger partial charge in [-0.15, -0.1) is 0 Å². The molecule has 0 bridgehead atoms. The Morgan fingerprint density at radius 2 is 1.85 bits per heavy atom. The van der Waals surface area contributed by atoms with Crippen LogP contribution in [-0.4, -0.2) is 12.9 Å². The summed E-state index contributed by atoms with van der Waals surface area (Å²) in [7, 11) is 1.51. The Morgan fingerprint density at radius 1 is 1.15 bits per heavy atom. The predicted octanol–water partition coefficient (Wildman–Crippen LogP) is 4.44. The number of hydrogen-bond donors (Lipinski definition) is 0. The number of carbonyl (C=O) groups is 1. The zero-order chi connectivity index (χ0) is 14.9. The first-order valence-corrected chi connectivity index (χ1v) is 6.89. The van der Waals surface area contributed by atoms with E-state index >= 15 is 0 Å². The van der Waals surface area contributed by atoms with Crippen molar-refractivity contribution in [3.8, 4) is 5.75 Å². The van der Waals surface area contributed by atoms with E-state index in [9.17, 15) is 9.18 Å². The van der Waals surface area contributed by atoms with Crippen LogP contribution in [0.4, 0.5) is 4.39 Å². The molecule has 2 aromatic carbocycles. The molecule has 2 aromatic rings. The van der Waals surface area contributed by atoms with Crippen LogP contribution in [0.1, 0.15) is 27.0 Å². The normalized spacial score (nSPS) is 10.4. The molecule has 0 amide bonds. The molecular weight excluding hydrogens is 323 g/mol. The van der Waals surface area contributed by atoms with E-state index < -0.39 is 5.82 Å². The lowest BCUT2D eigenvalue weighted by Crippen LogP contribution is -2.08. The molecule has 20 heavy (non-hydrogen) atoms. The van der Waals surface area contributed by atoms with Gasteiger partial charge in [-0.25, -0.2) is 4.39 Å². The molecule has 0 fully saturated rings. The number of ketones is 1. The summed E-state index contributed by atoms with van der Waals surface area (Å²) in [5, 5.41) is 0. The Balaban J connectivity index is 2.60. The average molecular weight is 337 g/mol. The molecule has 0 aliphatic carbocycles. The van der Waals surface area contributed by atoms with E-state index in [0.29, 0.717) is 11.3 Å². The minimum Gasteiger partial charge on any atom is -0.496 e. The smallest absolute Gasteiger partial charge is 0.199 e. The van der Waals surface area contributed by atoms with Crippen molar-refractivity contribution >= 4 is 21.7 Å². The van der Waals surface area contributed by atoms with Gasteiger partial charge >= 0.3 is 0 Å². The summed E-state index contributed by atoms with van der Waals surface area (Å²) in [4.78, 5) is 12.5. The van der Waals surface area contributed by atoms with E-state index in [1.165, 1.54) is 13.2 Å². The third kappa shape index (κ3) is 2.48. The first kappa shape index (κ1) is 14.7. The molecule has 104 valence electrons. The number of aryl methyl sites for hydroxylation is 1. The van der Waals surface area contributed by atoms with Crippen molar-refractivity contribution < 1.29 is 13.9 Å². The van der Waals surface area contributed by atoms with Crippen molar-refractivity contribution in [1.82, 2.24) is 0 Å². The molecule has 0 aliphatic heterocycles. The maximum absolute atomic E-state index is 14.0. The number of hydrogen-bond acceptors (Lipinski definition) is 2. The lowest BCUT2D eigenvalue weighted by Gasteiger charge is -2.13. The molecule has 2 rings (SSSR count). The van der Waals surface area contributed by atoms with Crippen LogP contribution in [0.2, 0.25) is 0 Å². The van der Waals surface area contributed by atoms with Gasteiger partial charge in [0.1, 0.15) is 11.6 Å². The van der Waals surface area contributed by atoms with Gasteiger partial charge in [-0.3, -0.25) is 4.79 Å². The third-order valence-corrected chi connectivity index (χ3v) is 3.93. The summed E-state index contributed by atoms with van der Waals surface area (Å²) < 4.78 is 19.6. The SMILES string of the molecule is COc1c(C(=O)c2cccc(Br)c2F)ccc(C)c1C. The molecular formula is C16H14BrFO2. The highest BCUT2D eigenvalue weighted by Gasteiger charge is 2.20. The summed E-state index contributed by atoms with van der Waals surface area (Å²) in [6.45, 7) is 3.81. The largest absolute Gasteiger partial charge is 0.496 e. The van der Waals surface area contributed by atoms with Crippen molar-refractivity contribution in [2.75, 3.05) is 7.11 Å². The second kappa shape index (κ2) is 5.75. The van der Waals surface area contributed by atoms with Crippen LogP contribution in [0, 0.1) is 19.7 Å². The third-order valence-electron chi connectivity index (χ3n) is 3.32. The summed E-state index contributed by atoms with van der Waals surface area (Å²) in [6, 6.07) is 8.17. The molecule has 0 radical (unpaired) electrons. The second-order valence-corrected chi connectivity index (χ2v) is 5.37. The zero-order valence-corrected chi connectivity index (χ0v) is 13.0. The molecule has 0 N–H and O–H groups in total. The van der Waals surface area contributed by atoms with Crippen molar-refractivity contribution in [2.24, 2.45) is 0 Å². The van der Waals surface area contributed by atoms with E-state index in [0.717, 1.165) is 11.1 Å². The minimum absolute atomic E-state index is 0.0286. The van der Waals surface area contributed by atoms with Crippen LogP contribution in [0.3, 0.4) is 0 Å². The molecule has 0 aliphatic rings. The molecule has 0 heterocycles. The number of benzene rings is 2. The van der Waals surface area contributed by atoms with Crippen molar-refractivity contribution in [3.05, 3.63) is 62.9 Å². The Hall–Kier alpha value is -1.68. The van der Waals surface area contributed by atoms with E-state index in [1.54, 1.807) is 18.2 Å². The van der Waals surface area contributed by atoms with Gasteiger partial charge in [-0.2, -0.15) is 0 Å². The van der Waals surface area contributed by atoms with Crippen LogP contribution < -0.4 is 4.74 Å². The van der Waals surface area contributed by atoms with Crippen LogP contribution in [0.15, 0.2) is 34.8 Å². The van der Waals surface area contributed by atoms with E-state index in [4.69, 9.17) is 4.74 Å². The molecule has 0 saturated heterocycles. The van der Waals surface area contributed by atoms with Gasteiger partial charge in [-0.1, -0.05) is 12.1 Å². The molecule has 0 atom stereocenters. The lowest BCUT2D eigenvalue weighted by atomic mass is 9.97. The zero-order valence-electron chi connectivity index (χ0n) is 11.5. The van der Waals surface area contributed by atoms with Crippen LogP contribution in [0.5, 0.6) is 5.75 Å². The number of carbonyl (C=O) groups excluding carboxylic acids is 1. The molecule has 0 unspecified atom stereocenters. The van der Waals surface area contributed by atoms with E-state index in [2.05, 4.69) is 15.9 Å². The monoisotopic (exact) mass is 336 g/mol. The summed E-state index contributed by atoms with van der Waals surface area (Å²) in [6.07, 6.45) is 0. The van der Waals surface area contributed by atoms with Gasteiger partial charge in [-0.05, 0) is 59.1 Å². The highest BCUT2D eigenvalue weighted by atomic mass is 79.9. The fourth-order valence-electron chi connectivity index (χ4n) is 2.06. The number of halogens is 2. The van der Waals surface area contributed by atoms with Crippen molar-refractivity contribution in [1.29, 1.82) is 0 Å². The van der Waals surface area contributed by atoms with Crippen molar-refractivity contribution in [2.45, 2.75) is 13.8 Å². The van der Waals surface area contributed by atoms with Gasteiger partial charge in [0.05, 0.1) is 22.7 Å². The van der Waals surface area contributed by atoms with Gasteiger partial charge in [0, 0.05) is 0 Å². The maximum atomic E-state index is 14.0. The van der Waals surface area contributed by atoms with Gasteiger partial charge in [0.25, 0.3) is 0 Å². The highest BCUT2D eigenvalue weighted by molar-refractivity contribution is 9.10. The number of methoxy groups -OCH3 is 1. The standard InChI is InChI=1S/C16H14BrFO2/c1-9-7-8-12(16(20-3)10(9)2)15(19)11-5-4-6-13(17)14(11)18/h4-8H,1-3H3. The first-order chi connectivity index (χ1) is 9.47.